The van der Waals surface area contributed by atoms with Crippen LogP contribution in [0.2, 0.25) is 0 Å². The van der Waals surface area contributed by atoms with Crippen molar-refractivity contribution in [2.24, 2.45) is 5.92 Å². The van der Waals surface area contributed by atoms with Crippen LogP contribution in [0, 0.1) is 5.92 Å². The highest BCUT2D eigenvalue weighted by atomic mass is 16.5. The van der Waals surface area contributed by atoms with Crippen LogP contribution in [0.4, 0.5) is 0 Å². The average molecular weight is 503 g/mol. The van der Waals surface area contributed by atoms with E-state index in [4.69, 9.17) is 4.74 Å². The summed E-state index contributed by atoms with van der Waals surface area (Å²) in [5.74, 6) is -2.95. The highest BCUT2D eigenvalue weighted by molar-refractivity contribution is 6.10. The van der Waals surface area contributed by atoms with Crippen LogP contribution < -0.4 is 0 Å². The molecule has 5 heteroatoms. The quantitative estimate of drug-likeness (QED) is 0.208. The van der Waals surface area contributed by atoms with Crippen LogP contribution in [0.1, 0.15) is 70.8 Å². The molecule has 3 atom stereocenters. The molecule has 4 aromatic carbocycles. The maximum absolute atomic E-state index is 14.1. The molecule has 0 aromatic heterocycles. The Morgan fingerprint density at radius 1 is 0.579 bits per heavy atom. The molecular weight excluding hydrogens is 476 g/mol. The third-order valence-corrected chi connectivity index (χ3v) is 7.26. The summed E-state index contributed by atoms with van der Waals surface area (Å²) in [5, 5.41) is 0. The molecule has 5 nitrogen and oxygen atoms in total. The van der Waals surface area contributed by atoms with Gasteiger partial charge in [0, 0.05) is 34.9 Å². The standard InChI is InChI=1S/C33H26O5/c1-38-33(37)24-18-16-23(17-19-24)32(36)29-26-15-9-8-14-25(26)27(20-28(34)21-10-4-2-5-11-21)30(29)31(35)22-12-6-3-7-13-22/h2-19,27,29-30H,20H2,1H3. The largest absolute Gasteiger partial charge is 0.465 e. The van der Waals surface area contributed by atoms with E-state index in [0.717, 1.165) is 11.1 Å². The van der Waals surface area contributed by atoms with Gasteiger partial charge in [-0.1, -0.05) is 97.1 Å². The Hall–Kier alpha value is -4.64. The van der Waals surface area contributed by atoms with E-state index in [1.165, 1.54) is 7.11 Å². The first-order valence-corrected chi connectivity index (χ1v) is 12.5. The fourth-order valence-electron chi connectivity index (χ4n) is 5.43. The Balaban J connectivity index is 1.59. The molecule has 0 radical (unpaired) electrons. The van der Waals surface area contributed by atoms with Gasteiger partial charge in [0.25, 0.3) is 0 Å². The van der Waals surface area contributed by atoms with Gasteiger partial charge in [-0.3, -0.25) is 14.4 Å². The molecule has 0 aliphatic heterocycles. The molecule has 0 saturated carbocycles. The van der Waals surface area contributed by atoms with E-state index < -0.39 is 23.7 Å². The number of hydrogen-bond donors (Lipinski definition) is 0. The number of carbonyl (C=O) groups is 4. The van der Waals surface area contributed by atoms with E-state index in [9.17, 15) is 19.2 Å². The third-order valence-electron chi connectivity index (χ3n) is 7.26. The molecule has 0 spiro atoms. The molecule has 0 N–H and O–H groups in total. The highest BCUT2D eigenvalue weighted by Gasteiger charge is 2.48. The van der Waals surface area contributed by atoms with Gasteiger partial charge < -0.3 is 4.74 Å². The predicted octanol–water partition coefficient (Wildman–Crippen LogP) is 6.31. The molecule has 0 saturated heterocycles. The summed E-state index contributed by atoms with van der Waals surface area (Å²) in [4.78, 5) is 53.3. The fraction of sp³-hybridized carbons (Fsp3) is 0.152. The highest BCUT2D eigenvalue weighted by Crippen LogP contribution is 2.51. The summed E-state index contributed by atoms with van der Waals surface area (Å²) in [6.07, 6.45) is 0.106. The number of carbonyl (C=O) groups excluding carboxylic acids is 4. The molecule has 4 aromatic rings. The van der Waals surface area contributed by atoms with E-state index in [1.807, 2.05) is 48.5 Å². The monoisotopic (exact) mass is 502 g/mol. The van der Waals surface area contributed by atoms with Crippen LogP contribution >= 0.6 is 0 Å². The lowest BCUT2D eigenvalue weighted by atomic mass is 9.76. The van der Waals surface area contributed by atoms with Crippen molar-refractivity contribution >= 4 is 23.3 Å². The molecule has 1 aliphatic rings. The topological polar surface area (TPSA) is 77.5 Å². The number of ketones is 3. The number of fused-ring (bicyclic) bond motifs is 1. The summed E-state index contributed by atoms with van der Waals surface area (Å²) in [5.41, 5.74) is 3.40. The smallest absolute Gasteiger partial charge is 0.337 e. The number of esters is 1. The van der Waals surface area contributed by atoms with E-state index >= 15 is 0 Å². The first-order chi connectivity index (χ1) is 18.5. The number of benzene rings is 4. The van der Waals surface area contributed by atoms with Crippen molar-refractivity contribution in [2.75, 3.05) is 7.11 Å². The summed E-state index contributed by atoms with van der Waals surface area (Å²) < 4.78 is 4.77. The van der Waals surface area contributed by atoms with Gasteiger partial charge in [0.1, 0.15) is 0 Å². The van der Waals surface area contributed by atoms with Crippen molar-refractivity contribution < 1.29 is 23.9 Å². The van der Waals surface area contributed by atoms with Gasteiger partial charge in [0.2, 0.25) is 0 Å². The number of methoxy groups -OCH3 is 1. The van der Waals surface area contributed by atoms with Gasteiger partial charge in [0.05, 0.1) is 18.6 Å². The van der Waals surface area contributed by atoms with Gasteiger partial charge in [-0.05, 0) is 23.3 Å². The molecule has 0 amide bonds. The van der Waals surface area contributed by atoms with E-state index in [0.29, 0.717) is 22.3 Å². The second-order valence-electron chi connectivity index (χ2n) is 9.40. The van der Waals surface area contributed by atoms with Crippen molar-refractivity contribution in [3.63, 3.8) is 0 Å². The zero-order chi connectivity index (χ0) is 26.6. The Bertz CT molecular complexity index is 1490. The lowest BCUT2D eigenvalue weighted by molar-refractivity contribution is 0.0600. The maximum atomic E-state index is 14.1. The van der Waals surface area contributed by atoms with Gasteiger partial charge in [-0.2, -0.15) is 0 Å². The van der Waals surface area contributed by atoms with Crippen molar-refractivity contribution in [1.29, 1.82) is 0 Å². The fourth-order valence-corrected chi connectivity index (χ4v) is 5.43. The molecule has 38 heavy (non-hydrogen) atoms. The lowest BCUT2D eigenvalue weighted by Gasteiger charge is -2.24. The molecule has 0 fully saturated rings. The predicted molar refractivity (Wildman–Crippen MR) is 144 cm³/mol. The van der Waals surface area contributed by atoms with Crippen LogP contribution in [0.5, 0.6) is 0 Å². The van der Waals surface area contributed by atoms with Crippen LogP contribution in [-0.4, -0.2) is 30.4 Å². The van der Waals surface area contributed by atoms with Gasteiger partial charge in [-0.15, -0.1) is 0 Å². The molecule has 188 valence electrons. The van der Waals surface area contributed by atoms with Crippen LogP contribution in [0.25, 0.3) is 0 Å². The normalized spacial score (nSPS) is 17.9. The molecule has 0 bridgehead atoms. The van der Waals surface area contributed by atoms with E-state index in [1.54, 1.807) is 60.7 Å². The zero-order valence-electron chi connectivity index (χ0n) is 20.9. The number of ether oxygens (including phenoxy) is 1. The number of hydrogen-bond acceptors (Lipinski definition) is 5. The molecule has 3 unspecified atom stereocenters. The first kappa shape index (κ1) is 25.0. The van der Waals surface area contributed by atoms with E-state index in [2.05, 4.69) is 0 Å². The Labute approximate surface area is 221 Å². The lowest BCUT2D eigenvalue weighted by Crippen LogP contribution is -2.29. The summed E-state index contributed by atoms with van der Waals surface area (Å²) in [6.45, 7) is 0. The Morgan fingerprint density at radius 3 is 1.68 bits per heavy atom. The zero-order valence-corrected chi connectivity index (χ0v) is 20.9. The molecular formula is C33H26O5. The summed E-state index contributed by atoms with van der Waals surface area (Å²) in [7, 11) is 1.30. The Morgan fingerprint density at radius 2 is 1.08 bits per heavy atom. The first-order valence-electron chi connectivity index (χ1n) is 12.5. The van der Waals surface area contributed by atoms with Gasteiger partial charge >= 0.3 is 5.97 Å². The minimum atomic E-state index is -0.767. The number of Topliss-reactive ketones (excluding diaryl/α,β-unsaturated/α-hetero) is 3. The molecule has 1 aliphatic carbocycles. The minimum absolute atomic E-state index is 0.0770. The maximum Gasteiger partial charge on any atom is 0.337 e. The summed E-state index contributed by atoms with van der Waals surface area (Å²) >= 11 is 0. The second kappa shape index (κ2) is 10.8. The molecule has 0 heterocycles. The average Bonchev–Trinajstić information content (AvgIpc) is 3.30. The second-order valence-corrected chi connectivity index (χ2v) is 9.40. The van der Waals surface area contributed by atoms with E-state index in [-0.39, 0.29) is 23.8 Å². The SMILES string of the molecule is COC(=O)c1ccc(C(=O)C2c3ccccc3C(CC(=O)c3ccccc3)C2C(=O)c2ccccc2)cc1. The van der Waals surface area contributed by atoms with Crippen molar-refractivity contribution in [3.05, 3.63) is 143 Å². The van der Waals surface area contributed by atoms with Crippen LogP contribution in [-0.2, 0) is 4.74 Å². The molecule has 5 rings (SSSR count). The van der Waals surface area contributed by atoms with Crippen molar-refractivity contribution in [1.82, 2.24) is 0 Å². The van der Waals surface area contributed by atoms with Crippen LogP contribution in [0.3, 0.4) is 0 Å². The number of rotatable bonds is 8. The Kier molecular flexibility index (Phi) is 7.09. The minimum Gasteiger partial charge on any atom is -0.465 e. The van der Waals surface area contributed by atoms with Crippen molar-refractivity contribution in [2.45, 2.75) is 18.3 Å². The summed E-state index contributed by atoms with van der Waals surface area (Å²) in [6, 6.07) is 31.7. The van der Waals surface area contributed by atoms with Crippen LogP contribution in [0.15, 0.2) is 109 Å². The van der Waals surface area contributed by atoms with Gasteiger partial charge in [0.15, 0.2) is 17.3 Å². The third kappa shape index (κ3) is 4.71. The van der Waals surface area contributed by atoms with Gasteiger partial charge in [-0.25, -0.2) is 4.79 Å². The van der Waals surface area contributed by atoms with Crippen molar-refractivity contribution in [3.8, 4) is 0 Å².